The van der Waals surface area contributed by atoms with Gasteiger partial charge in [0.15, 0.2) is 0 Å². The van der Waals surface area contributed by atoms with E-state index >= 15 is 0 Å². The highest BCUT2D eigenvalue weighted by Crippen LogP contribution is 2.33. The molecule has 0 amide bonds. The summed E-state index contributed by atoms with van der Waals surface area (Å²) in [5.74, 6) is 1.32. The summed E-state index contributed by atoms with van der Waals surface area (Å²) >= 11 is 12.5. The largest absolute Gasteiger partial charge is 0.310 e. The number of pyridine rings is 1. The SMILES string of the molecule is O=c1[nH]c(C2CCCCC2)nc2c1CN(Cc1ccc(-c3cccc(Cl)c3Cl)nc1)CC2. The predicted octanol–water partition coefficient (Wildman–Crippen LogP) is 5.74. The van der Waals surface area contributed by atoms with Crippen molar-refractivity contribution < 1.29 is 0 Å². The molecule has 3 heterocycles. The molecule has 32 heavy (non-hydrogen) atoms. The third kappa shape index (κ3) is 4.47. The van der Waals surface area contributed by atoms with E-state index in [1.54, 1.807) is 6.07 Å². The molecule has 7 heteroatoms. The van der Waals surface area contributed by atoms with Crippen LogP contribution in [0.4, 0.5) is 0 Å². The van der Waals surface area contributed by atoms with Gasteiger partial charge >= 0.3 is 0 Å². The van der Waals surface area contributed by atoms with Crippen molar-refractivity contribution >= 4 is 23.2 Å². The topological polar surface area (TPSA) is 61.9 Å². The van der Waals surface area contributed by atoms with Crippen LogP contribution >= 0.6 is 23.2 Å². The molecule has 0 bridgehead atoms. The van der Waals surface area contributed by atoms with Crippen molar-refractivity contribution in [3.8, 4) is 11.3 Å². The molecule has 1 aliphatic heterocycles. The summed E-state index contributed by atoms with van der Waals surface area (Å²) in [5.41, 5.74) is 4.54. The van der Waals surface area contributed by atoms with Gasteiger partial charge in [0.25, 0.3) is 5.56 Å². The maximum Gasteiger partial charge on any atom is 0.255 e. The molecule has 5 rings (SSSR count). The number of hydrogen-bond donors (Lipinski definition) is 1. The van der Waals surface area contributed by atoms with E-state index in [4.69, 9.17) is 28.2 Å². The van der Waals surface area contributed by atoms with Crippen LogP contribution in [0.15, 0.2) is 41.3 Å². The summed E-state index contributed by atoms with van der Waals surface area (Å²) in [5, 5.41) is 1.04. The number of nitrogens with zero attached hydrogens (tertiary/aromatic N) is 3. The van der Waals surface area contributed by atoms with Crippen LogP contribution in [0.1, 0.15) is 60.7 Å². The summed E-state index contributed by atoms with van der Waals surface area (Å²) in [6, 6.07) is 9.58. The Balaban J connectivity index is 1.29. The van der Waals surface area contributed by atoms with E-state index in [1.807, 2.05) is 24.4 Å². The second-order valence-electron chi connectivity index (χ2n) is 8.83. The van der Waals surface area contributed by atoms with Crippen molar-refractivity contribution in [3.63, 3.8) is 0 Å². The van der Waals surface area contributed by atoms with Crippen LogP contribution in [0.2, 0.25) is 10.0 Å². The first-order valence-corrected chi connectivity index (χ1v) is 12.1. The fourth-order valence-corrected chi connectivity index (χ4v) is 5.24. The Bertz CT molecular complexity index is 1170. The molecular formula is C25H26Cl2N4O. The zero-order valence-electron chi connectivity index (χ0n) is 17.9. The molecule has 1 aliphatic carbocycles. The monoisotopic (exact) mass is 468 g/mol. The number of fused-ring (bicyclic) bond motifs is 1. The molecule has 1 aromatic carbocycles. The lowest BCUT2D eigenvalue weighted by Crippen LogP contribution is -2.36. The average molecular weight is 469 g/mol. The van der Waals surface area contributed by atoms with Crippen molar-refractivity contribution in [2.24, 2.45) is 0 Å². The van der Waals surface area contributed by atoms with E-state index in [2.05, 4.69) is 20.9 Å². The zero-order chi connectivity index (χ0) is 22.1. The lowest BCUT2D eigenvalue weighted by Gasteiger charge is -2.28. The second kappa shape index (κ2) is 9.34. The number of aromatic amines is 1. The first kappa shape index (κ1) is 21.6. The molecule has 0 atom stereocenters. The second-order valence-corrected chi connectivity index (χ2v) is 9.61. The van der Waals surface area contributed by atoms with E-state index in [0.29, 0.717) is 22.5 Å². The van der Waals surface area contributed by atoms with Gasteiger partial charge in [0, 0.05) is 43.7 Å². The van der Waals surface area contributed by atoms with Gasteiger partial charge in [-0.15, -0.1) is 0 Å². The summed E-state index contributed by atoms with van der Waals surface area (Å²) in [7, 11) is 0. The van der Waals surface area contributed by atoms with E-state index in [9.17, 15) is 4.79 Å². The Morgan fingerprint density at radius 1 is 1.09 bits per heavy atom. The first-order valence-electron chi connectivity index (χ1n) is 11.3. The van der Waals surface area contributed by atoms with Gasteiger partial charge in [-0.05, 0) is 30.5 Å². The molecule has 0 saturated heterocycles. The van der Waals surface area contributed by atoms with E-state index in [0.717, 1.165) is 66.3 Å². The molecule has 2 aromatic heterocycles. The summed E-state index contributed by atoms with van der Waals surface area (Å²) in [6.07, 6.45) is 8.71. The Hall–Kier alpha value is -2.21. The highest BCUT2D eigenvalue weighted by Gasteiger charge is 2.24. The zero-order valence-corrected chi connectivity index (χ0v) is 19.4. The van der Waals surface area contributed by atoms with Gasteiger partial charge in [0.2, 0.25) is 0 Å². The molecule has 5 nitrogen and oxygen atoms in total. The lowest BCUT2D eigenvalue weighted by molar-refractivity contribution is 0.240. The predicted molar refractivity (Wildman–Crippen MR) is 128 cm³/mol. The third-order valence-electron chi connectivity index (χ3n) is 6.62. The number of aromatic nitrogens is 3. The number of hydrogen-bond acceptors (Lipinski definition) is 4. The molecule has 1 saturated carbocycles. The number of nitrogens with one attached hydrogen (secondary N) is 1. The number of halogens is 2. The van der Waals surface area contributed by atoms with Gasteiger partial charge in [-0.3, -0.25) is 14.7 Å². The van der Waals surface area contributed by atoms with Crippen LogP contribution in [0.5, 0.6) is 0 Å². The van der Waals surface area contributed by atoms with Gasteiger partial charge in [-0.25, -0.2) is 4.98 Å². The van der Waals surface area contributed by atoms with Crippen molar-refractivity contribution in [1.82, 2.24) is 19.9 Å². The quantitative estimate of drug-likeness (QED) is 0.529. The molecule has 166 valence electrons. The molecule has 1 N–H and O–H groups in total. The average Bonchev–Trinajstić information content (AvgIpc) is 2.82. The van der Waals surface area contributed by atoms with Crippen LogP contribution in [0, 0.1) is 0 Å². The van der Waals surface area contributed by atoms with E-state index in [-0.39, 0.29) is 5.56 Å². The standard InChI is InChI=1S/C25H26Cl2N4O/c26-20-8-4-7-18(23(20)27)21-10-9-16(13-28-21)14-31-12-11-22-19(15-31)25(32)30-24(29-22)17-5-2-1-3-6-17/h4,7-10,13,17H,1-3,5-6,11-12,14-15H2,(H,29,30,32). The number of rotatable bonds is 4. The summed E-state index contributed by atoms with van der Waals surface area (Å²) in [6.45, 7) is 2.24. The molecule has 0 radical (unpaired) electrons. The van der Waals surface area contributed by atoms with Crippen molar-refractivity contribution in [1.29, 1.82) is 0 Å². The highest BCUT2D eigenvalue weighted by molar-refractivity contribution is 6.43. The van der Waals surface area contributed by atoms with Crippen LogP contribution in [-0.4, -0.2) is 26.4 Å². The van der Waals surface area contributed by atoms with Crippen LogP contribution in [0.3, 0.4) is 0 Å². The maximum atomic E-state index is 12.8. The minimum Gasteiger partial charge on any atom is -0.310 e. The Morgan fingerprint density at radius 2 is 1.94 bits per heavy atom. The Labute approximate surface area is 197 Å². The first-order chi connectivity index (χ1) is 15.6. The summed E-state index contributed by atoms with van der Waals surface area (Å²) in [4.78, 5) is 27.7. The van der Waals surface area contributed by atoms with Gasteiger partial charge in [0.05, 0.1) is 27.0 Å². The van der Waals surface area contributed by atoms with Crippen molar-refractivity contribution in [3.05, 3.63) is 79.6 Å². The minimum atomic E-state index is 0.0318. The van der Waals surface area contributed by atoms with Gasteiger partial charge in [0.1, 0.15) is 5.82 Å². The van der Waals surface area contributed by atoms with E-state index in [1.165, 1.54) is 19.3 Å². The molecule has 0 unspecified atom stereocenters. The van der Waals surface area contributed by atoms with Gasteiger partial charge in [-0.1, -0.05) is 60.7 Å². The molecule has 1 fully saturated rings. The fourth-order valence-electron chi connectivity index (χ4n) is 4.84. The van der Waals surface area contributed by atoms with Crippen molar-refractivity contribution in [2.75, 3.05) is 6.54 Å². The molecular weight excluding hydrogens is 443 g/mol. The lowest BCUT2D eigenvalue weighted by atomic mass is 9.88. The van der Waals surface area contributed by atoms with E-state index < -0.39 is 0 Å². The van der Waals surface area contributed by atoms with Crippen LogP contribution in [-0.2, 0) is 19.5 Å². The third-order valence-corrected chi connectivity index (χ3v) is 7.44. The molecule has 3 aromatic rings. The minimum absolute atomic E-state index is 0.0318. The van der Waals surface area contributed by atoms with Crippen LogP contribution < -0.4 is 5.56 Å². The molecule has 0 spiro atoms. The fraction of sp³-hybridized carbons (Fsp3) is 0.400. The maximum absolute atomic E-state index is 12.8. The highest BCUT2D eigenvalue weighted by atomic mass is 35.5. The Kier molecular flexibility index (Phi) is 6.31. The number of H-pyrrole nitrogens is 1. The molecule has 2 aliphatic rings. The van der Waals surface area contributed by atoms with Crippen molar-refractivity contribution in [2.45, 2.75) is 57.5 Å². The normalized spacial score (nSPS) is 17.3. The number of benzene rings is 1. The van der Waals surface area contributed by atoms with Crippen LogP contribution in [0.25, 0.3) is 11.3 Å². The van der Waals surface area contributed by atoms with Gasteiger partial charge < -0.3 is 4.98 Å². The smallest absolute Gasteiger partial charge is 0.255 e. The Morgan fingerprint density at radius 3 is 2.72 bits per heavy atom. The summed E-state index contributed by atoms with van der Waals surface area (Å²) < 4.78 is 0. The van der Waals surface area contributed by atoms with Gasteiger partial charge in [-0.2, -0.15) is 0 Å².